The van der Waals surface area contributed by atoms with Crippen LogP contribution in [0.2, 0.25) is 0 Å². The van der Waals surface area contributed by atoms with Crippen molar-refractivity contribution >= 4 is 11.8 Å². The van der Waals surface area contributed by atoms with E-state index < -0.39 is 0 Å². The molecular weight excluding hydrogens is 264 g/mol. The third kappa shape index (κ3) is 4.45. The fourth-order valence-electron chi connectivity index (χ4n) is 3.23. The first-order chi connectivity index (χ1) is 10.1. The number of carbonyl (C=O) groups is 2. The van der Waals surface area contributed by atoms with E-state index in [2.05, 4.69) is 19.2 Å². The van der Waals surface area contributed by atoms with Crippen molar-refractivity contribution in [1.29, 1.82) is 0 Å². The van der Waals surface area contributed by atoms with E-state index in [0.717, 1.165) is 45.2 Å². The molecule has 1 N–H and O–H groups in total. The van der Waals surface area contributed by atoms with Crippen LogP contribution in [0.4, 0.5) is 0 Å². The van der Waals surface area contributed by atoms with Gasteiger partial charge < -0.3 is 10.2 Å². The maximum Gasteiger partial charge on any atom is 0.242 e. The molecule has 0 radical (unpaired) electrons. The van der Waals surface area contributed by atoms with Crippen molar-refractivity contribution in [2.75, 3.05) is 13.1 Å². The van der Waals surface area contributed by atoms with Crippen LogP contribution in [-0.4, -0.2) is 35.8 Å². The molecule has 1 heterocycles. The number of carbonyl (C=O) groups excluding carboxylic acids is 2. The topological polar surface area (TPSA) is 49.4 Å². The van der Waals surface area contributed by atoms with E-state index >= 15 is 0 Å². The fraction of sp³-hybridized carbons (Fsp3) is 0.882. The van der Waals surface area contributed by atoms with Crippen LogP contribution in [0, 0.1) is 11.8 Å². The van der Waals surface area contributed by atoms with Crippen LogP contribution < -0.4 is 5.32 Å². The number of hydrogen-bond acceptors (Lipinski definition) is 2. The Kier molecular flexibility index (Phi) is 6.07. The van der Waals surface area contributed by atoms with E-state index in [1.807, 2.05) is 4.90 Å². The van der Waals surface area contributed by atoms with E-state index in [4.69, 9.17) is 0 Å². The van der Waals surface area contributed by atoms with Crippen LogP contribution >= 0.6 is 0 Å². The molecule has 2 amide bonds. The Morgan fingerprint density at radius 1 is 1.19 bits per heavy atom. The molecule has 0 bridgehead atoms. The smallest absolute Gasteiger partial charge is 0.242 e. The zero-order valence-electron chi connectivity index (χ0n) is 13.6. The van der Waals surface area contributed by atoms with Gasteiger partial charge in [-0.25, -0.2) is 0 Å². The number of nitrogens with one attached hydrogen (secondary N) is 1. The molecule has 0 unspecified atom stereocenters. The minimum absolute atomic E-state index is 0.0628. The first-order valence-corrected chi connectivity index (χ1v) is 8.73. The predicted octanol–water partition coefficient (Wildman–Crippen LogP) is 2.72. The van der Waals surface area contributed by atoms with Crippen molar-refractivity contribution < 1.29 is 9.59 Å². The molecule has 4 nitrogen and oxygen atoms in total. The van der Waals surface area contributed by atoms with Gasteiger partial charge in [0.15, 0.2) is 0 Å². The third-order valence-corrected chi connectivity index (χ3v) is 4.84. The number of hydrogen-bond donors (Lipinski definition) is 1. The average molecular weight is 294 g/mol. The van der Waals surface area contributed by atoms with Gasteiger partial charge in [-0.2, -0.15) is 0 Å². The quantitative estimate of drug-likeness (QED) is 0.734. The van der Waals surface area contributed by atoms with E-state index in [1.54, 1.807) is 0 Å². The van der Waals surface area contributed by atoms with Crippen LogP contribution in [0.3, 0.4) is 0 Å². The maximum atomic E-state index is 12.4. The van der Waals surface area contributed by atoms with Gasteiger partial charge in [-0.05, 0) is 38.0 Å². The van der Waals surface area contributed by atoms with Gasteiger partial charge in [-0.15, -0.1) is 0 Å². The normalized spacial score (nSPS) is 28.3. The zero-order valence-corrected chi connectivity index (χ0v) is 13.6. The summed E-state index contributed by atoms with van der Waals surface area (Å²) >= 11 is 0. The Morgan fingerprint density at radius 3 is 2.62 bits per heavy atom. The van der Waals surface area contributed by atoms with E-state index in [-0.39, 0.29) is 23.8 Å². The molecule has 3 atom stereocenters. The monoisotopic (exact) mass is 294 g/mol. The van der Waals surface area contributed by atoms with Crippen molar-refractivity contribution in [3.05, 3.63) is 0 Å². The van der Waals surface area contributed by atoms with Crippen molar-refractivity contribution in [2.45, 2.75) is 71.3 Å². The lowest BCUT2D eigenvalue weighted by Crippen LogP contribution is -2.52. The van der Waals surface area contributed by atoms with Crippen LogP contribution in [-0.2, 0) is 9.59 Å². The van der Waals surface area contributed by atoms with E-state index in [9.17, 15) is 9.59 Å². The summed E-state index contributed by atoms with van der Waals surface area (Å²) in [5, 5.41) is 3.03. The van der Waals surface area contributed by atoms with Crippen LogP contribution in [0.1, 0.15) is 65.2 Å². The molecule has 4 heteroatoms. The van der Waals surface area contributed by atoms with Crippen molar-refractivity contribution in [2.24, 2.45) is 11.8 Å². The lowest BCUT2D eigenvalue weighted by Gasteiger charge is -2.35. The highest BCUT2D eigenvalue weighted by Crippen LogP contribution is 2.40. The van der Waals surface area contributed by atoms with Crippen LogP contribution in [0.25, 0.3) is 0 Å². The number of piperidine rings is 1. The maximum absolute atomic E-state index is 12.4. The number of amides is 2. The van der Waals surface area contributed by atoms with Crippen LogP contribution in [0.5, 0.6) is 0 Å². The third-order valence-electron chi connectivity index (χ3n) is 4.84. The zero-order chi connectivity index (χ0) is 15.2. The highest BCUT2D eigenvalue weighted by molar-refractivity contribution is 5.89. The summed E-state index contributed by atoms with van der Waals surface area (Å²) in [4.78, 5) is 26.7. The first kappa shape index (κ1) is 16.3. The molecule has 2 aliphatic rings. The molecule has 1 aliphatic heterocycles. The molecule has 2 fully saturated rings. The van der Waals surface area contributed by atoms with Crippen molar-refractivity contribution in [3.63, 3.8) is 0 Å². The van der Waals surface area contributed by atoms with Crippen LogP contribution in [0.15, 0.2) is 0 Å². The minimum atomic E-state index is -0.217. The lowest BCUT2D eigenvalue weighted by molar-refractivity contribution is -0.143. The standard InChI is InChI=1S/C17H30N2O2/c1-3-4-5-7-10-18-16(20)15-9-6-8-11-19(15)17(21)14-12-13(14)2/h13-15H,3-12H2,1-2H3,(H,18,20)/t13-,14+,15+/m1/s1. The highest BCUT2D eigenvalue weighted by Gasteiger charge is 2.44. The fourth-order valence-corrected chi connectivity index (χ4v) is 3.23. The first-order valence-electron chi connectivity index (χ1n) is 8.73. The molecule has 120 valence electrons. The van der Waals surface area contributed by atoms with Gasteiger partial charge in [0.2, 0.25) is 11.8 Å². The molecule has 0 aromatic carbocycles. The summed E-state index contributed by atoms with van der Waals surface area (Å²) in [7, 11) is 0. The minimum Gasteiger partial charge on any atom is -0.354 e. The summed E-state index contributed by atoms with van der Waals surface area (Å²) in [5.41, 5.74) is 0. The molecule has 2 rings (SSSR count). The van der Waals surface area contributed by atoms with E-state index in [0.29, 0.717) is 5.92 Å². The number of unbranched alkanes of at least 4 members (excludes halogenated alkanes) is 3. The second-order valence-corrected chi connectivity index (χ2v) is 6.71. The van der Waals surface area contributed by atoms with Gasteiger partial charge >= 0.3 is 0 Å². The van der Waals surface area contributed by atoms with E-state index in [1.165, 1.54) is 19.3 Å². The number of likely N-dealkylation sites (tertiary alicyclic amines) is 1. The highest BCUT2D eigenvalue weighted by atomic mass is 16.2. The molecule has 21 heavy (non-hydrogen) atoms. The molecular formula is C17H30N2O2. The van der Waals surface area contributed by atoms with Crippen molar-refractivity contribution in [1.82, 2.24) is 10.2 Å². The van der Waals surface area contributed by atoms with Gasteiger partial charge in [0.05, 0.1) is 0 Å². The SMILES string of the molecule is CCCCCCNC(=O)[C@@H]1CCCCN1C(=O)[C@H]1C[C@H]1C. The summed E-state index contributed by atoms with van der Waals surface area (Å²) in [6, 6.07) is -0.217. The Morgan fingerprint density at radius 2 is 1.95 bits per heavy atom. The van der Waals surface area contributed by atoms with Gasteiger partial charge in [-0.3, -0.25) is 9.59 Å². The Labute approximate surface area is 128 Å². The summed E-state index contributed by atoms with van der Waals surface area (Å²) < 4.78 is 0. The molecule has 0 spiro atoms. The molecule has 0 aromatic heterocycles. The van der Waals surface area contributed by atoms with Crippen molar-refractivity contribution in [3.8, 4) is 0 Å². The Balaban J connectivity index is 1.80. The second kappa shape index (κ2) is 7.81. The van der Waals surface area contributed by atoms with Gasteiger partial charge in [0, 0.05) is 19.0 Å². The second-order valence-electron chi connectivity index (χ2n) is 6.71. The molecule has 1 saturated heterocycles. The Hall–Kier alpha value is -1.06. The molecule has 1 aliphatic carbocycles. The Bertz CT molecular complexity index is 370. The number of nitrogens with zero attached hydrogens (tertiary/aromatic N) is 1. The largest absolute Gasteiger partial charge is 0.354 e. The lowest BCUT2D eigenvalue weighted by atomic mass is 10.0. The summed E-state index contributed by atoms with van der Waals surface area (Å²) in [5.74, 6) is 0.973. The summed E-state index contributed by atoms with van der Waals surface area (Å²) in [6.45, 7) is 5.81. The number of rotatable bonds is 7. The predicted molar refractivity (Wildman–Crippen MR) is 83.8 cm³/mol. The molecule has 0 aromatic rings. The van der Waals surface area contributed by atoms with Gasteiger partial charge in [-0.1, -0.05) is 33.1 Å². The summed E-state index contributed by atoms with van der Waals surface area (Å²) in [6.07, 6.45) is 8.56. The van der Waals surface area contributed by atoms with Gasteiger partial charge in [0.1, 0.15) is 6.04 Å². The average Bonchev–Trinajstić information content (AvgIpc) is 3.23. The molecule has 1 saturated carbocycles. The van der Waals surface area contributed by atoms with Gasteiger partial charge in [0.25, 0.3) is 0 Å².